The monoisotopic (exact) mass is 500 g/mol. The fourth-order valence-corrected chi connectivity index (χ4v) is 5.42. The number of carbonyl (C=O) groups excluding carboxylic acids is 1. The maximum absolute atomic E-state index is 13.3. The molecule has 0 aliphatic heterocycles. The molecule has 0 unspecified atom stereocenters. The molecule has 0 saturated carbocycles. The van der Waals surface area contributed by atoms with E-state index >= 15 is 0 Å². The van der Waals surface area contributed by atoms with E-state index in [1.807, 2.05) is 26.8 Å². The second-order valence-electron chi connectivity index (χ2n) is 8.45. The largest absolute Gasteiger partial charge is 0.318 e. The highest BCUT2D eigenvalue weighted by Gasteiger charge is 2.26. The summed E-state index contributed by atoms with van der Waals surface area (Å²) in [5, 5.41) is 4.11. The molecule has 0 radical (unpaired) electrons. The molecule has 0 spiro atoms. The lowest BCUT2D eigenvalue weighted by molar-refractivity contribution is -0.119. The molecule has 0 atom stereocenters. The van der Waals surface area contributed by atoms with E-state index < -0.39 is 22.5 Å². The van der Waals surface area contributed by atoms with E-state index in [-0.39, 0.29) is 4.90 Å². The van der Waals surface area contributed by atoms with Crippen LogP contribution in [0.2, 0.25) is 0 Å². The molecule has 36 heavy (non-hydrogen) atoms. The van der Waals surface area contributed by atoms with Gasteiger partial charge in [0.15, 0.2) is 0 Å². The SMILES string of the molecule is Cc1ccc(-n2c(C)cc(/C=N\NC(=O)CN(c3ccccc3)S(=O)(=O)c3ccccc3)c2C)cc1. The van der Waals surface area contributed by atoms with Gasteiger partial charge < -0.3 is 4.57 Å². The van der Waals surface area contributed by atoms with Gasteiger partial charge in [0.2, 0.25) is 0 Å². The Morgan fingerprint density at radius 1 is 0.917 bits per heavy atom. The number of amides is 1. The van der Waals surface area contributed by atoms with Gasteiger partial charge in [-0.1, -0.05) is 54.1 Å². The van der Waals surface area contributed by atoms with Crippen molar-refractivity contribution in [2.75, 3.05) is 10.8 Å². The van der Waals surface area contributed by atoms with Gasteiger partial charge in [-0.05, 0) is 63.2 Å². The average Bonchev–Trinajstić information content (AvgIpc) is 3.16. The van der Waals surface area contributed by atoms with Crippen molar-refractivity contribution in [1.82, 2.24) is 9.99 Å². The number of nitrogens with one attached hydrogen (secondary N) is 1. The maximum atomic E-state index is 13.3. The predicted octanol–water partition coefficient (Wildman–Crippen LogP) is 4.75. The summed E-state index contributed by atoms with van der Waals surface area (Å²) in [6.45, 7) is 5.62. The molecule has 8 heteroatoms. The minimum absolute atomic E-state index is 0.105. The third-order valence-corrected chi connectivity index (χ3v) is 7.61. The fraction of sp³-hybridized carbons (Fsp3) is 0.143. The fourth-order valence-electron chi connectivity index (χ4n) is 3.98. The number of aromatic nitrogens is 1. The van der Waals surface area contributed by atoms with Crippen LogP contribution in [0.15, 0.2) is 101 Å². The zero-order valence-corrected chi connectivity index (χ0v) is 21.2. The van der Waals surface area contributed by atoms with E-state index in [1.165, 1.54) is 17.7 Å². The molecule has 7 nitrogen and oxygen atoms in total. The molecule has 184 valence electrons. The van der Waals surface area contributed by atoms with E-state index in [4.69, 9.17) is 0 Å². The van der Waals surface area contributed by atoms with Crippen LogP contribution in [-0.4, -0.2) is 31.7 Å². The zero-order valence-electron chi connectivity index (χ0n) is 20.4. The number of rotatable bonds is 8. The van der Waals surface area contributed by atoms with Gasteiger partial charge in [0.25, 0.3) is 15.9 Å². The lowest BCUT2D eigenvalue weighted by atomic mass is 10.2. The van der Waals surface area contributed by atoms with Crippen LogP contribution in [0.3, 0.4) is 0 Å². The predicted molar refractivity (Wildman–Crippen MR) is 143 cm³/mol. The van der Waals surface area contributed by atoms with Gasteiger partial charge in [-0.2, -0.15) is 5.10 Å². The number of aryl methyl sites for hydroxylation is 2. The number of para-hydroxylation sites is 1. The van der Waals surface area contributed by atoms with Gasteiger partial charge in [0.05, 0.1) is 16.8 Å². The molecule has 0 saturated heterocycles. The molecular weight excluding hydrogens is 472 g/mol. The Labute approximate surface area is 211 Å². The lowest BCUT2D eigenvalue weighted by Gasteiger charge is -2.23. The number of benzene rings is 3. The van der Waals surface area contributed by atoms with E-state index in [0.717, 1.165) is 26.9 Å². The number of nitrogens with zero attached hydrogens (tertiary/aromatic N) is 3. The van der Waals surface area contributed by atoms with Crippen molar-refractivity contribution in [3.63, 3.8) is 0 Å². The molecule has 0 bridgehead atoms. The first-order valence-electron chi connectivity index (χ1n) is 11.5. The Morgan fingerprint density at radius 2 is 1.53 bits per heavy atom. The van der Waals surface area contributed by atoms with E-state index in [2.05, 4.69) is 39.4 Å². The first kappa shape index (κ1) is 24.9. The standard InChI is InChI=1S/C28H28N4O3S/c1-21-14-16-26(17-15-21)32-22(2)18-24(23(32)3)19-29-30-28(33)20-31(25-10-6-4-7-11-25)36(34,35)27-12-8-5-9-13-27/h4-19H,20H2,1-3H3,(H,30,33)/b29-19-. The number of anilines is 1. The molecule has 1 amide bonds. The second-order valence-corrected chi connectivity index (χ2v) is 10.3. The highest BCUT2D eigenvalue weighted by molar-refractivity contribution is 7.92. The quantitative estimate of drug-likeness (QED) is 0.280. The van der Waals surface area contributed by atoms with E-state index in [9.17, 15) is 13.2 Å². The van der Waals surface area contributed by atoms with Crippen molar-refractivity contribution in [3.05, 3.63) is 114 Å². The van der Waals surface area contributed by atoms with Crippen molar-refractivity contribution in [1.29, 1.82) is 0 Å². The van der Waals surface area contributed by atoms with Crippen LogP contribution < -0.4 is 9.73 Å². The number of hydrogen-bond acceptors (Lipinski definition) is 4. The molecule has 1 N–H and O–H groups in total. The number of carbonyl (C=O) groups is 1. The first-order chi connectivity index (χ1) is 17.3. The number of hydrogen-bond donors (Lipinski definition) is 1. The summed E-state index contributed by atoms with van der Waals surface area (Å²) in [6.07, 6.45) is 1.57. The van der Waals surface area contributed by atoms with E-state index in [0.29, 0.717) is 5.69 Å². The minimum Gasteiger partial charge on any atom is -0.318 e. The summed E-state index contributed by atoms with van der Waals surface area (Å²) in [4.78, 5) is 12.9. The Balaban J connectivity index is 1.52. The number of sulfonamides is 1. The minimum atomic E-state index is -3.95. The van der Waals surface area contributed by atoms with Crippen molar-refractivity contribution in [2.24, 2.45) is 5.10 Å². The van der Waals surface area contributed by atoms with Crippen LogP contribution in [-0.2, 0) is 14.8 Å². The Bertz CT molecular complexity index is 1480. The number of hydrazone groups is 1. The van der Waals surface area contributed by atoms with Crippen molar-refractivity contribution < 1.29 is 13.2 Å². The van der Waals surface area contributed by atoms with Gasteiger partial charge >= 0.3 is 0 Å². The van der Waals surface area contributed by atoms with Crippen molar-refractivity contribution >= 4 is 27.8 Å². The highest BCUT2D eigenvalue weighted by Crippen LogP contribution is 2.23. The summed E-state index contributed by atoms with van der Waals surface area (Å²) >= 11 is 0. The molecule has 1 heterocycles. The summed E-state index contributed by atoms with van der Waals surface area (Å²) in [6, 6.07) is 26.8. The molecular formula is C28H28N4O3S. The summed E-state index contributed by atoms with van der Waals surface area (Å²) in [7, 11) is -3.95. The van der Waals surface area contributed by atoms with Crippen LogP contribution in [0.5, 0.6) is 0 Å². The molecule has 1 aromatic heterocycles. The van der Waals surface area contributed by atoms with Crippen molar-refractivity contribution in [3.8, 4) is 5.69 Å². The lowest BCUT2D eigenvalue weighted by Crippen LogP contribution is -2.39. The summed E-state index contributed by atoms with van der Waals surface area (Å²) in [5.41, 5.74) is 7.96. The second kappa shape index (κ2) is 10.6. The van der Waals surface area contributed by atoms with Gasteiger partial charge in [0.1, 0.15) is 6.54 Å². The van der Waals surface area contributed by atoms with E-state index in [1.54, 1.807) is 54.7 Å². The third-order valence-electron chi connectivity index (χ3n) is 5.82. The maximum Gasteiger partial charge on any atom is 0.264 e. The third kappa shape index (κ3) is 5.39. The summed E-state index contributed by atoms with van der Waals surface area (Å²) < 4.78 is 29.8. The molecule has 0 fully saturated rings. The molecule has 0 aliphatic rings. The average molecular weight is 501 g/mol. The normalized spacial score (nSPS) is 11.5. The smallest absolute Gasteiger partial charge is 0.264 e. The van der Waals surface area contributed by atoms with Gasteiger partial charge in [-0.3, -0.25) is 9.10 Å². The van der Waals surface area contributed by atoms with Crippen LogP contribution in [0.25, 0.3) is 5.69 Å². The van der Waals surface area contributed by atoms with Crippen LogP contribution in [0.4, 0.5) is 5.69 Å². The van der Waals surface area contributed by atoms with Gasteiger partial charge in [0, 0.05) is 22.6 Å². The van der Waals surface area contributed by atoms with Crippen LogP contribution >= 0.6 is 0 Å². The first-order valence-corrected chi connectivity index (χ1v) is 12.9. The zero-order chi connectivity index (χ0) is 25.7. The highest BCUT2D eigenvalue weighted by atomic mass is 32.2. The van der Waals surface area contributed by atoms with Gasteiger partial charge in [-0.15, -0.1) is 0 Å². The topological polar surface area (TPSA) is 83.8 Å². The molecule has 3 aromatic carbocycles. The molecule has 4 aromatic rings. The molecule has 0 aliphatic carbocycles. The van der Waals surface area contributed by atoms with Gasteiger partial charge in [-0.25, -0.2) is 13.8 Å². The summed E-state index contributed by atoms with van der Waals surface area (Å²) in [5.74, 6) is -0.554. The van der Waals surface area contributed by atoms with Crippen LogP contribution in [0.1, 0.15) is 22.5 Å². The molecule has 4 rings (SSSR count). The van der Waals surface area contributed by atoms with Crippen LogP contribution in [0, 0.1) is 20.8 Å². The van der Waals surface area contributed by atoms with Crippen molar-refractivity contribution in [2.45, 2.75) is 25.7 Å². The Kier molecular flexibility index (Phi) is 7.36. The Hall–Kier alpha value is -4.17. The Morgan fingerprint density at radius 3 is 2.17 bits per heavy atom.